The van der Waals surface area contributed by atoms with Gasteiger partial charge in [-0.2, -0.15) is 6.57 Å². The number of rotatable bonds is 1. The van der Waals surface area contributed by atoms with Crippen LogP contribution < -0.4 is 4.74 Å². The molecule has 0 unspecified atom stereocenters. The number of halogens is 1. The van der Waals surface area contributed by atoms with E-state index in [9.17, 15) is 0 Å². The lowest BCUT2D eigenvalue weighted by Gasteiger charge is -2.41. The Hall–Kier alpha value is -2.16. The molecular formula is C20H17BrN2O2. The van der Waals surface area contributed by atoms with Crippen molar-refractivity contribution in [3.8, 4) is 16.9 Å². The van der Waals surface area contributed by atoms with Gasteiger partial charge in [0.2, 0.25) is 0 Å². The molecule has 2 aromatic carbocycles. The zero-order valence-electron chi connectivity index (χ0n) is 13.7. The Kier molecular flexibility index (Phi) is 4.32. The summed E-state index contributed by atoms with van der Waals surface area (Å²) in [5.74, 6) is 0.814. The standard InChI is InChI=1S/C20H17BrN2O2/c1-22-23-18-13-20(7-9-24-10-8-20)25-19-6-5-15(12-17(18)19)14-3-2-4-16(21)11-14/h2-6,11-12H,7-10,13H2/b23-18-. The van der Waals surface area contributed by atoms with Gasteiger partial charge >= 0.3 is 0 Å². The Bertz CT molecular complexity index is 880. The average Bonchev–Trinajstić information content (AvgIpc) is 2.62. The van der Waals surface area contributed by atoms with Crippen LogP contribution >= 0.6 is 15.9 Å². The van der Waals surface area contributed by atoms with E-state index in [1.54, 1.807) is 0 Å². The summed E-state index contributed by atoms with van der Waals surface area (Å²) in [5, 5.41) is 4.11. The van der Waals surface area contributed by atoms with Crippen LogP contribution in [0.25, 0.3) is 16.1 Å². The van der Waals surface area contributed by atoms with Crippen molar-refractivity contribution in [3.05, 3.63) is 64.0 Å². The van der Waals surface area contributed by atoms with Crippen LogP contribution in [0.4, 0.5) is 0 Å². The summed E-state index contributed by atoms with van der Waals surface area (Å²) >= 11 is 3.52. The van der Waals surface area contributed by atoms with Crippen molar-refractivity contribution in [2.45, 2.75) is 24.9 Å². The molecular weight excluding hydrogens is 380 g/mol. The molecule has 0 aromatic heterocycles. The third-order valence-electron chi connectivity index (χ3n) is 4.84. The normalized spacial score (nSPS) is 19.9. The molecule has 0 amide bonds. The van der Waals surface area contributed by atoms with Crippen molar-refractivity contribution in [2.75, 3.05) is 13.2 Å². The van der Waals surface area contributed by atoms with E-state index in [0.717, 1.165) is 45.5 Å². The van der Waals surface area contributed by atoms with Crippen molar-refractivity contribution >= 4 is 21.6 Å². The first-order valence-electron chi connectivity index (χ1n) is 8.30. The SMILES string of the molecule is [C-]#[N+]/N=C1/CC2(CCOCC2)Oc2ccc(-c3cccc(Br)c3)cc21. The first-order chi connectivity index (χ1) is 12.2. The molecule has 0 atom stereocenters. The zero-order valence-corrected chi connectivity index (χ0v) is 15.3. The molecule has 2 heterocycles. The maximum absolute atomic E-state index is 7.19. The van der Waals surface area contributed by atoms with Gasteiger partial charge in [-0.1, -0.05) is 34.1 Å². The lowest BCUT2D eigenvalue weighted by Crippen LogP contribution is -2.46. The largest absolute Gasteiger partial charge is 0.486 e. The summed E-state index contributed by atoms with van der Waals surface area (Å²) in [4.78, 5) is 3.30. The fourth-order valence-corrected chi connectivity index (χ4v) is 3.93. The second-order valence-corrected chi connectivity index (χ2v) is 7.36. The maximum Gasteiger partial charge on any atom is 0.138 e. The molecule has 0 saturated carbocycles. The van der Waals surface area contributed by atoms with Crippen molar-refractivity contribution in [1.29, 1.82) is 0 Å². The molecule has 1 fully saturated rings. The van der Waals surface area contributed by atoms with Crippen LogP contribution in [0, 0.1) is 6.57 Å². The van der Waals surface area contributed by atoms with Crippen molar-refractivity contribution < 1.29 is 9.47 Å². The highest BCUT2D eigenvalue weighted by molar-refractivity contribution is 9.10. The van der Waals surface area contributed by atoms with E-state index in [1.807, 2.05) is 18.2 Å². The van der Waals surface area contributed by atoms with E-state index in [-0.39, 0.29) is 5.60 Å². The monoisotopic (exact) mass is 396 g/mol. The van der Waals surface area contributed by atoms with E-state index < -0.39 is 0 Å². The molecule has 0 aliphatic carbocycles. The van der Waals surface area contributed by atoms with Crippen LogP contribution in [0.3, 0.4) is 0 Å². The Labute approximate surface area is 155 Å². The summed E-state index contributed by atoms with van der Waals surface area (Å²) in [5.41, 5.74) is 3.65. The van der Waals surface area contributed by atoms with Gasteiger partial charge in [-0.15, -0.1) is 4.95 Å². The molecule has 2 aliphatic heterocycles. The predicted octanol–water partition coefficient (Wildman–Crippen LogP) is 5.07. The van der Waals surface area contributed by atoms with Gasteiger partial charge in [0.1, 0.15) is 17.1 Å². The van der Waals surface area contributed by atoms with Gasteiger partial charge in [0.05, 0.1) is 18.3 Å². The zero-order chi connectivity index (χ0) is 17.3. The van der Waals surface area contributed by atoms with Gasteiger partial charge in [-0.3, -0.25) is 0 Å². The molecule has 126 valence electrons. The molecule has 0 N–H and O–H groups in total. The molecule has 1 spiro atoms. The molecule has 0 bridgehead atoms. The first-order valence-corrected chi connectivity index (χ1v) is 9.09. The van der Waals surface area contributed by atoms with Crippen LogP contribution in [0.5, 0.6) is 5.75 Å². The minimum absolute atomic E-state index is 0.286. The minimum Gasteiger partial charge on any atom is -0.486 e. The quantitative estimate of drug-likeness (QED) is 0.498. The van der Waals surface area contributed by atoms with Crippen molar-refractivity contribution in [2.24, 2.45) is 5.10 Å². The second kappa shape index (κ2) is 6.62. The van der Waals surface area contributed by atoms with Gasteiger partial charge in [0.15, 0.2) is 0 Å². The van der Waals surface area contributed by atoms with Gasteiger partial charge in [-0.25, -0.2) is 0 Å². The Morgan fingerprint density at radius 1 is 1.08 bits per heavy atom. The summed E-state index contributed by atoms with van der Waals surface area (Å²) in [7, 11) is 0. The highest BCUT2D eigenvalue weighted by Crippen LogP contribution is 2.41. The molecule has 0 radical (unpaired) electrons. The number of fused-ring (bicyclic) bond motifs is 1. The summed E-state index contributed by atoms with van der Waals surface area (Å²) in [6, 6.07) is 14.3. The molecule has 4 rings (SSSR count). The van der Waals surface area contributed by atoms with Crippen LogP contribution in [-0.2, 0) is 4.74 Å². The number of ether oxygens (including phenoxy) is 2. The molecule has 1 saturated heterocycles. The van der Waals surface area contributed by atoms with E-state index in [4.69, 9.17) is 16.0 Å². The van der Waals surface area contributed by atoms with Crippen LogP contribution in [0.2, 0.25) is 0 Å². The molecule has 5 heteroatoms. The third-order valence-corrected chi connectivity index (χ3v) is 5.33. The van der Waals surface area contributed by atoms with E-state index in [1.165, 1.54) is 0 Å². The fourth-order valence-electron chi connectivity index (χ4n) is 3.53. The summed E-state index contributed by atoms with van der Waals surface area (Å²) < 4.78 is 12.9. The fraction of sp³-hybridized carbons (Fsp3) is 0.300. The molecule has 4 nitrogen and oxygen atoms in total. The number of hydrogen-bond donors (Lipinski definition) is 0. The van der Waals surface area contributed by atoms with Gasteiger partial charge < -0.3 is 9.47 Å². The minimum atomic E-state index is -0.286. The average molecular weight is 397 g/mol. The molecule has 2 aromatic rings. The third kappa shape index (κ3) is 3.20. The van der Waals surface area contributed by atoms with Crippen molar-refractivity contribution in [1.82, 2.24) is 0 Å². The number of benzene rings is 2. The Morgan fingerprint density at radius 3 is 2.64 bits per heavy atom. The van der Waals surface area contributed by atoms with Crippen LogP contribution in [-0.4, -0.2) is 24.5 Å². The first kappa shape index (κ1) is 16.3. The number of nitrogens with zero attached hydrogens (tertiary/aromatic N) is 2. The number of hydrogen-bond acceptors (Lipinski definition) is 3. The lowest BCUT2D eigenvalue weighted by atomic mass is 9.83. The van der Waals surface area contributed by atoms with Gasteiger partial charge in [0, 0.05) is 29.3 Å². The topological polar surface area (TPSA) is 35.2 Å². The van der Waals surface area contributed by atoms with Gasteiger partial charge in [-0.05, 0) is 35.4 Å². The predicted molar refractivity (Wildman–Crippen MR) is 101 cm³/mol. The van der Waals surface area contributed by atoms with Gasteiger partial charge in [0.25, 0.3) is 0 Å². The Morgan fingerprint density at radius 2 is 1.88 bits per heavy atom. The van der Waals surface area contributed by atoms with Crippen LogP contribution in [0.1, 0.15) is 24.8 Å². The highest BCUT2D eigenvalue weighted by Gasteiger charge is 2.41. The maximum atomic E-state index is 7.19. The second-order valence-electron chi connectivity index (χ2n) is 6.44. The lowest BCUT2D eigenvalue weighted by molar-refractivity contribution is -0.0441. The van der Waals surface area contributed by atoms with Crippen molar-refractivity contribution in [3.63, 3.8) is 0 Å². The van der Waals surface area contributed by atoms with E-state index in [0.29, 0.717) is 19.6 Å². The van der Waals surface area contributed by atoms with Crippen LogP contribution in [0.15, 0.2) is 52.0 Å². The Balaban J connectivity index is 1.77. The molecule has 25 heavy (non-hydrogen) atoms. The smallest absolute Gasteiger partial charge is 0.138 e. The van der Waals surface area contributed by atoms with E-state index >= 15 is 0 Å². The highest BCUT2D eigenvalue weighted by atomic mass is 79.9. The summed E-state index contributed by atoms with van der Waals surface area (Å²) in [6.07, 6.45) is 2.32. The van der Waals surface area contributed by atoms with E-state index in [2.05, 4.69) is 50.3 Å². The summed E-state index contributed by atoms with van der Waals surface area (Å²) in [6.45, 7) is 8.58. The molecule has 2 aliphatic rings.